The van der Waals surface area contributed by atoms with Crippen LogP contribution >= 0.6 is 11.3 Å². The number of hydrogen-bond acceptors (Lipinski definition) is 4. The van der Waals surface area contributed by atoms with E-state index in [2.05, 4.69) is 4.98 Å². The van der Waals surface area contributed by atoms with E-state index in [0.29, 0.717) is 12.1 Å². The zero-order chi connectivity index (χ0) is 10.9. The van der Waals surface area contributed by atoms with Gasteiger partial charge < -0.3 is 5.11 Å². The van der Waals surface area contributed by atoms with Gasteiger partial charge in [0.05, 0.1) is 16.6 Å². The van der Waals surface area contributed by atoms with Gasteiger partial charge in [-0.3, -0.25) is 4.79 Å². The van der Waals surface area contributed by atoms with Gasteiger partial charge in [-0.1, -0.05) is 6.42 Å². The Morgan fingerprint density at radius 3 is 3.00 bits per heavy atom. The zero-order valence-electron chi connectivity index (χ0n) is 8.77. The largest absolute Gasteiger partial charge is 0.386 e. The summed E-state index contributed by atoms with van der Waals surface area (Å²) in [4.78, 5) is 16.0. The van der Waals surface area contributed by atoms with E-state index in [9.17, 15) is 9.90 Å². The molecule has 0 bridgehead atoms. The first kappa shape index (κ1) is 10.8. The predicted molar refractivity (Wildman–Crippen MR) is 58.7 cm³/mol. The van der Waals surface area contributed by atoms with E-state index in [0.717, 1.165) is 19.3 Å². The number of Topliss-reactive ketones (excluding diaryl/α,β-unsaturated/α-hetero) is 1. The lowest BCUT2D eigenvalue weighted by atomic mass is 9.70. The molecule has 1 aliphatic rings. The second kappa shape index (κ2) is 4.02. The monoisotopic (exact) mass is 225 g/mol. The van der Waals surface area contributed by atoms with Crippen molar-refractivity contribution in [3.63, 3.8) is 0 Å². The van der Waals surface area contributed by atoms with Gasteiger partial charge in [-0.2, -0.15) is 0 Å². The summed E-state index contributed by atoms with van der Waals surface area (Å²) in [5.74, 6) is 0.175. The first-order chi connectivity index (χ1) is 7.14. The van der Waals surface area contributed by atoms with Crippen LogP contribution in [0.1, 0.15) is 44.4 Å². The van der Waals surface area contributed by atoms with Gasteiger partial charge in [-0.15, -0.1) is 11.3 Å². The molecule has 0 aliphatic heterocycles. The minimum Gasteiger partial charge on any atom is -0.386 e. The fourth-order valence-electron chi connectivity index (χ4n) is 2.18. The van der Waals surface area contributed by atoms with Crippen molar-refractivity contribution in [1.82, 2.24) is 4.98 Å². The number of thiazole rings is 1. The van der Waals surface area contributed by atoms with E-state index in [-0.39, 0.29) is 5.78 Å². The molecular weight excluding hydrogens is 210 g/mol. The van der Waals surface area contributed by atoms with E-state index in [1.54, 1.807) is 5.51 Å². The Balaban J connectivity index is 2.24. The van der Waals surface area contributed by atoms with Crippen LogP contribution in [0.2, 0.25) is 0 Å². The van der Waals surface area contributed by atoms with Gasteiger partial charge in [0.15, 0.2) is 0 Å². The van der Waals surface area contributed by atoms with Gasteiger partial charge in [-0.25, -0.2) is 4.98 Å². The van der Waals surface area contributed by atoms with Crippen LogP contribution in [0.15, 0.2) is 10.9 Å². The molecule has 0 radical (unpaired) electrons. The number of aliphatic hydroxyl groups excluding tert-OH is 1. The van der Waals surface area contributed by atoms with Crippen LogP contribution in [0.25, 0.3) is 0 Å². The quantitative estimate of drug-likeness (QED) is 0.840. The first-order valence-corrected chi connectivity index (χ1v) is 6.18. The number of aromatic nitrogens is 1. The number of aliphatic hydroxyl groups is 1. The van der Waals surface area contributed by atoms with Crippen LogP contribution in [0.4, 0.5) is 0 Å². The molecule has 82 valence electrons. The van der Waals surface area contributed by atoms with Gasteiger partial charge in [-0.05, 0) is 19.8 Å². The fourth-order valence-corrected chi connectivity index (χ4v) is 2.75. The highest BCUT2D eigenvalue weighted by molar-refractivity contribution is 7.07. The molecule has 1 saturated carbocycles. The molecule has 1 fully saturated rings. The van der Waals surface area contributed by atoms with Crippen molar-refractivity contribution >= 4 is 17.1 Å². The molecule has 1 aromatic heterocycles. The predicted octanol–water partition coefficient (Wildman–Crippen LogP) is 2.33. The molecule has 15 heavy (non-hydrogen) atoms. The molecule has 0 spiro atoms. The van der Waals surface area contributed by atoms with Gasteiger partial charge >= 0.3 is 0 Å². The number of ketones is 1. The highest BCUT2D eigenvalue weighted by Crippen LogP contribution is 2.42. The van der Waals surface area contributed by atoms with Gasteiger partial charge in [0.1, 0.15) is 11.9 Å². The van der Waals surface area contributed by atoms with Crippen molar-refractivity contribution in [1.29, 1.82) is 0 Å². The van der Waals surface area contributed by atoms with E-state index in [1.165, 1.54) is 11.3 Å². The molecule has 1 N–H and O–H groups in total. The molecule has 0 saturated heterocycles. The molecule has 2 atom stereocenters. The molecular formula is C11H15NO2S. The van der Waals surface area contributed by atoms with Gasteiger partial charge in [0.25, 0.3) is 0 Å². The summed E-state index contributed by atoms with van der Waals surface area (Å²) in [6.45, 7) is 1.86. The Morgan fingerprint density at radius 1 is 1.60 bits per heavy atom. The topological polar surface area (TPSA) is 50.2 Å². The second-order valence-corrected chi connectivity index (χ2v) is 5.08. The lowest BCUT2D eigenvalue weighted by Gasteiger charge is -2.35. The van der Waals surface area contributed by atoms with Crippen molar-refractivity contribution in [3.05, 3.63) is 16.6 Å². The van der Waals surface area contributed by atoms with E-state index in [1.807, 2.05) is 12.3 Å². The minimum atomic E-state index is -0.739. The van der Waals surface area contributed by atoms with E-state index >= 15 is 0 Å². The third kappa shape index (κ3) is 1.84. The van der Waals surface area contributed by atoms with E-state index in [4.69, 9.17) is 0 Å². The highest BCUT2D eigenvalue weighted by Gasteiger charge is 2.42. The van der Waals surface area contributed by atoms with Crippen molar-refractivity contribution < 1.29 is 9.90 Å². The zero-order valence-corrected chi connectivity index (χ0v) is 9.59. The lowest BCUT2D eigenvalue weighted by Crippen LogP contribution is -2.37. The lowest BCUT2D eigenvalue weighted by molar-refractivity contribution is -0.138. The maximum Gasteiger partial charge on any atom is 0.141 e. The van der Waals surface area contributed by atoms with Crippen LogP contribution in [0, 0.1) is 5.41 Å². The molecule has 3 nitrogen and oxygen atoms in total. The summed E-state index contributed by atoms with van der Waals surface area (Å²) >= 11 is 1.45. The molecule has 1 aromatic rings. The fraction of sp³-hybridized carbons (Fsp3) is 0.636. The third-order valence-corrected chi connectivity index (χ3v) is 3.93. The number of nitrogens with zero attached hydrogens (tertiary/aromatic N) is 1. The van der Waals surface area contributed by atoms with Crippen LogP contribution in [0.3, 0.4) is 0 Å². The second-order valence-electron chi connectivity index (χ2n) is 4.36. The third-order valence-electron chi connectivity index (χ3n) is 3.32. The van der Waals surface area contributed by atoms with Crippen LogP contribution in [-0.4, -0.2) is 15.9 Å². The Kier molecular flexibility index (Phi) is 2.89. The summed E-state index contributed by atoms with van der Waals surface area (Å²) in [6, 6.07) is 0. The van der Waals surface area contributed by atoms with Crippen molar-refractivity contribution in [2.24, 2.45) is 5.41 Å². The van der Waals surface area contributed by atoms with Gasteiger partial charge in [0, 0.05) is 11.8 Å². The number of rotatable bonds is 2. The average molecular weight is 225 g/mol. The summed E-state index contributed by atoms with van der Waals surface area (Å²) < 4.78 is 0. The smallest absolute Gasteiger partial charge is 0.141 e. The SMILES string of the molecule is CC1(C(O)c2cscn2)CCCCC1=O. The van der Waals surface area contributed by atoms with Crippen LogP contribution in [0.5, 0.6) is 0 Å². The molecule has 2 rings (SSSR count). The minimum absolute atomic E-state index is 0.175. The Morgan fingerprint density at radius 2 is 2.40 bits per heavy atom. The maximum absolute atomic E-state index is 11.9. The Bertz CT molecular complexity index is 349. The Labute approximate surface area is 93.2 Å². The first-order valence-electron chi connectivity index (χ1n) is 5.24. The summed E-state index contributed by atoms with van der Waals surface area (Å²) in [6.07, 6.45) is 2.60. The summed E-state index contributed by atoms with van der Waals surface area (Å²) in [5, 5.41) is 12.0. The van der Waals surface area contributed by atoms with Crippen LogP contribution in [-0.2, 0) is 4.79 Å². The summed E-state index contributed by atoms with van der Waals surface area (Å²) in [7, 11) is 0. The molecule has 1 heterocycles. The molecule has 2 unspecified atom stereocenters. The maximum atomic E-state index is 11.9. The standard InChI is InChI=1S/C11H15NO2S/c1-11(5-3-2-4-9(11)13)10(14)8-6-15-7-12-8/h6-7,10,14H,2-5H2,1H3. The van der Waals surface area contributed by atoms with Crippen LogP contribution < -0.4 is 0 Å². The van der Waals surface area contributed by atoms with Crippen molar-refractivity contribution in [3.8, 4) is 0 Å². The number of carbonyl (C=O) groups is 1. The van der Waals surface area contributed by atoms with Gasteiger partial charge in [0.2, 0.25) is 0 Å². The number of carbonyl (C=O) groups excluding carboxylic acids is 1. The Hall–Kier alpha value is -0.740. The molecule has 4 heteroatoms. The van der Waals surface area contributed by atoms with Crippen molar-refractivity contribution in [2.45, 2.75) is 38.7 Å². The highest BCUT2D eigenvalue weighted by atomic mass is 32.1. The normalized spacial score (nSPS) is 29.1. The summed E-state index contributed by atoms with van der Waals surface area (Å²) in [5.41, 5.74) is 1.71. The molecule has 0 amide bonds. The molecule has 0 aromatic carbocycles. The number of hydrogen-bond donors (Lipinski definition) is 1. The van der Waals surface area contributed by atoms with Crippen molar-refractivity contribution in [2.75, 3.05) is 0 Å². The molecule has 1 aliphatic carbocycles. The average Bonchev–Trinajstić information content (AvgIpc) is 2.74. The van der Waals surface area contributed by atoms with E-state index < -0.39 is 11.5 Å².